The van der Waals surface area contributed by atoms with E-state index in [1.807, 2.05) is 6.07 Å². The van der Waals surface area contributed by atoms with Crippen LogP contribution in [-0.4, -0.2) is 5.91 Å². The molecule has 1 aromatic rings. The van der Waals surface area contributed by atoms with Crippen LogP contribution in [0.3, 0.4) is 0 Å². The molecule has 0 radical (unpaired) electrons. The maximum absolute atomic E-state index is 11.0. The summed E-state index contributed by atoms with van der Waals surface area (Å²) >= 11 is 5.93. The Morgan fingerprint density at radius 2 is 2.31 bits per heavy atom. The second kappa shape index (κ2) is 2.89. The molecule has 13 heavy (non-hydrogen) atoms. The molecule has 1 aliphatic heterocycles. The van der Waals surface area contributed by atoms with Gasteiger partial charge in [0.05, 0.1) is 6.42 Å². The van der Waals surface area contributed by atoms with E-state index in [9.17, 15) is 4.79 Å². The van der Waals surface area contributed by atoms with Crippen LogP contribution in [0.15, 0.2) is 18.7 Å². The van der Waals surface area contributed by atoms with Crippen molar-refractivity contribution >= 4 is 29.3 Å². The van der Waals surface area contributed by atoms with Crippen LogP contribution in [0, 0.1) is 0 Å². The number of carbonyl (C=O) groups excluding carboxylic acids is 1. The van der Waals surface area contributed by atoms with Crippen LogP contribution < -0.4 is 5.32 Å². The Hall–Kier alpha value is -1.28. The van der Waals surface area contributed by atoms with Crippen molar-refractivity contribution in [2.75, 3.05) is 5.32 Å². The number of halogens is 1. The molecule has 0 atom stereocenters. The molecular formula is C10H8ClNO. The quantitative estimate of drug-likeness (QED) is 0.730. The maximum atomic E-state index is 11.0. The van der Waals surface area contributed by atoms with Gasteiger partial charge in [0.15, 0.2) is 0 Å². The molecule has 0 saturated heterocycles. The van der Waals surface area contributed by atoms with Crippen molar-refractivity contribution in [1.29, 1.82) is 0 Å². The van der Waals surface area contributed by atoms with Crippen LogP contribution in [0.1, 0.15) is 11.1 Å². The first-order valence-electron chi connectivity index (χ1n) is 3.95. The molecule has 0 fully saturated rings. The molecule has 0 bridgehead atoms. The number of amides is 1. The Morgan fingerprint density at radius 3 is 3.00 bits per heavy atom. The fourth-order valence-electron chi connectivity index (χ4n) is 1.42. The number of hydrogen-bond donors (Lipinski definition) is 1. The van der Waals surface area contributed by atoms with E-state index in [2.05, 4.69) is 11.9 Å². The van der Waals surface area contributed by atoms with Gasteiger partial charge in [-0.05, 0) is 23.3 Å². The minimum Gasteiger partial charge on any atom is -0.325 e. The van der Waals surface area contributed by atoms with E-state index in [0.717, 1.165) is 16.8 Å². The lowest BCUT2D eigenvalue weighted by molar-refractivity contribution is -0.115. The second-order valence-electron chi connectivity index (χ2n) is 2.96. The molecule has 0 saturated carbocycles. The van der Waals surface area contributed by atoms with E-state index >= 15 is 0 Å². The first-order valence-corrected chi connectivity index (χ1v) is 4.33. The zero-order valence-electron chi connectivity index (χ0n) is 6.93. The highest BCUT2D eigenvalue weighted by Crippen LogP contribution is 2.29. The summed E-state index contributed by atoms with van der Waals surface area (Å²) in [5.74, 6) is 0.0206. The average Bonchev–Trinajstić information content (AvgIpc) is 2.42. The maximum Gasteiger partial charge on any atom is 0.228 e. The van der Waals surface area contributed by atoms with Crippen molar-refractivity contribution in [3.8, 4) is 0 Å². The predicted octanol–water partition coefficient (Wildman–Crippen LogP) is 2.48. The van der Waals surface area contributed by atoms with E-state index < -0.39 is 0 Å². The van der Waals surface area contributed by atoms with Crippen LogP contribution in [0.5, 0.6) is 0 Å². The molecule has 1 aromatic carbocycles. The molecule has 66 valence electrons. The third-order valence-corrected chi connectivity index (χ3v) is 2.39. The molecule has 0 aromatic heterocycles. The third kappa shape index (κ3) is 1.33. The zero-order chi connectivity index (χ0) is 9.42. The Bertz CT molecular complexity index is 398. The van der Waals surface area contributed by atoms with Crippen LogP contribution in [0.25, 0.3) is 6.08 Å². The molecule has 0 spiro atoms. The largest absolute Gasteiger partial charge is 0.325 e. The van der Waals surface area contributed by atoms with Crippen LogP contribution >= 0.6 is 11.6 Å². The van der Waals surface area contributed by atoms with Gasteiger partial charge >= 0.3 is 0 Å². The molecule has 3 heteroatoms. The molecular weight excluding hydrogens is 186 g/mol. The molecule has 1 N–H and O–H groups in total. The summed E-state index contributed by atoms with van der Waals surface area (Å²) in [7, 11) is 0. The smallest absolute Gasteiger partial charge is 0.228 e. The van der Waals surface area contributed by atoms with Crippen molar-refractivity contribution < 1.29 is 4.79 Å². The average molecular weight is 194 g/mol. The highest BCUT2D eigenvalue weighted by Gasteiger charge is 2.18. The van der Waals surface area contributed by atoms with E-state index in [-0.39, 0.29) is 5.91 Å². The van der Waals surface area contributed by atoms with Crippen molar-refractivity contribution in [1.82, 2.24) is 0 Å². The van der Waals surface area contributed by atoms with Gasteiger partial charge in [-0.2, -0.15) is 0 Å². The van der Waals surface area contributed by atoms with Crippen LogP contribution in [0.2, 0.25) is 5.02 Å². The number of fused-ring (bicyclic) bond motifs is 1. The molecule has 0 unspecified atom stereocenters. The van der Waals surface area contributed by atoms with E-state index in [1.54, 1.807) is 12.1 Å². The minimum atomic E-state index is 0.0206. The third-order valence-electron chi connectivity index (χ3n) is 2.07. The SMILES string of the molecule is C=Cc1cc2c(cc1Cl)NC(=O)C2. The van der Waals surface area contributed by atoms with E-state index in [0.29, 0.717) is 11.4 Å². The molecule has 2 rings (SSSR count). The van der Waals surface area contributed by atoms with Crippen molar-refractivity contribution in [2.45, 2.75) is 6.42 Å². The number of hydrogen-bond acceptors (Lipinski definition) is 1. The lowest BCUT2D eigenvalue weighted by atomic mass is 10.1. The Balaban J connectivity index is 2.56. The van der Waals surface area contributed by atoms with Gasteiger partial charge in [-0.15, -0.1) is 0 Å². The lowest BCUT2D eigenvalue weighted by Gasteiger charge is -2.02. The summed E-state index contributed by atoms with van der Waals surface area (Å²) in [6.07, 6.45) is 2.12. The van der Waals surface area contributed by atoms with Crippen LogP contribution in [0.4, 0.5) is 5.69 Å². The van der Waals surface area contributed by atoms with Crippen molar-refractivity contribution in [3.63, 3.8) is 0 Å². The Kier molecular flexibility index (Phi) is 1.85. The van der Waals surface area contributed by atoms with Gasteiger partial charge < -0.3 is 5.32 Å². The van der Waals surface area contributed by atoms with Crippen molar-refractivity contribution in [2.24, 2.45) is 0 Å². The predicted molar refractivity (Wildman–Crippen MR) is 53.9 cm³/mol. The highest BCUT2D eigenvalue weighted by molar-refractivity contribution is 6.32. The van der Waals surface area contributed by atoms with Crippen molar-refractivity contribution in [3.05, 3.63) is 34.9 Å². The Labute approximate surface area is 81.2 Å². The summed E-state index contributed by atoms with van der Waals surface area (Å²) in [5.41, 5.74) is 2.68. The van der Waals surface area contributed by atoms with Gasteiger partial charge in [0.25, 0.3) is 0 Å². The summed E-state index contributed by atoms with van der Waals surface area (Å²) in [5, 5.41) is 3.35. The first-order chi connectivity index (χ1) is 6.20. The Morgan fingerprint density at radius 1 is 1.54 bits per heavy atom. The molecule has 0 aliphatic carbocycles. The molecule has 1 heterocycles. The zero-order valence-corrected chi connectivity index (χ0v) is 7.69. The van der Waals surface area contributed by atoms with Gasteiger partial charge in [0.1, 0.15) is 0 Å². The lowest BCUT2D eigenvalue weighted by Crippen LogP contribution is -2.03. The fourth-order valence-corrected chi connectivity index (χ4v) is 1.66. The first kappa shape index (κ1) is 8.32. The van der Waals surface area contributed by atoms with Gasteiger partial charge in [-0.3, -0.25) is 4.79 Å². The fraction of sp³-hybridized carbons (Fsp3) is 0.100. The summed E-state index contributed by atoms with van der Waals surface area (Å²) in [4.78, 5) is 11.0. The van der Waals surface area contributed by atoms with Gasteiger partial charge in [-0.25, -0.2) is 0 Å². The van der Waals surface area contributed by atoms with Gasteiger partial charge in [0, 0.05) is 10.7 Å². The molecule has 1 aliphatic rings. The topological polar surface area (TPSA) is 29.1 Å². The standard InChI is InChI=1S/C10H8ClNO/c1-2-6-3-7-4-10(13)12-9(7)5-8(6)11/h2-3,5H,1,4H2,(H,12,13). The summed E-state index contributed by atoms with van der Waals surface area (Å²) < 4.78 is 0. The van der Waals surface area contributed by atoms with Gasteiger partial charge in [0.2, 0.25) is 5.91 Å². The number of rotatable bonds is 1. The normalized spacial score (nSPS) is 13.8. The number of carbonyl (C=O) groups is 1. The van der Waals surface area contributed by atoms with Gasteiger partial charge in [-0.1, -0.05) is 24.3 Å². The summed E-state index contributed by atoms with van der Waals surface area (Å²) in [6, 6.07) is 3.65. The minimum absolute atomic E-state index is 0.0206. The number of nitrogens with one attached hydrogen (secondary N) is 1. The monoisotopic (exact) mass is 193 g/mol. The van der Waals surface area contributed by atoms with E-state index in [4.69, 9.17) is 11.6 Å². The molecule has 1 amide bonds. The second-order valence-corrected chi connectivity index (χ2v) is 3.37. The van der Waals surface area contributed by atoms with E-state index in [1.165, 1.54) is 0 Å². The molecule has 2 nitrogen and oxygen atoms in total. The highest BCUT2D eigenvalue weighted by atomic mass is 35.5. The number of benzene rings is 1. The summed E-state index contributed by atoms with van der Waals surface area (Å²) in [6.45, 7) is 3.65. The number of anilines is 1. The van der Waals surface area contributed by atoms with Crippen LogP contribution in [-0.2, 0) is 11.2 Å².